The number of rotatable bonds is 8. The van der Waals surface area contributed by atoms with Gasteiger partial charge >= 0.3 is 0 Å². The van der Waals surface area contributed by atoms with Crippen molar-refractivity contribution >= 4 is 11.6 Å². The summed E-state index contributed by atoms with van der Waals surface area (Å²) in [5, 5.41) is 3.39. The van der Waals surface area contributed by atoms with E-state index in [9.17, 15) is 4.79 Å². The average Bonchev–Trinajstić information content (AvgIpc) is 3.05. The smallest absolute Gasteiger partial charge is 0.231 e. The fourth-order valence-electron chi connectivity index (χ4n) is 3.50. The van der Waals surface area contributed by atoms with Crippen molar-refractivity contribution in [2.75, 3.05) is 18.1 Å². The first-order valence-electron chi connectivity index (χ1n) is 9.65. The first kappa shape index (κ1) is 18.3. The van der Waals surface area contributed by atoms with E-state index in [1.54, 1.807) is 0 Å². The Bertz CT molecular complexity index is 926. The van der Waals surface area contributed by atoms with Gasteiger partial charge in [0, 0.05) is 18.7 Å². The third kappa shape index (κ3) is 4.24. The van der Waals surface area contributed by atoms with Gasteiger partial charge in [0.25, 0.3) is 0 Å². The number of hydrogen-bond acceptors (Lipinski definition) is 3. The number of anilines is 1. The zero-order chi connectivity index (χ0) is 19.2. The molecule has 0 aromatic heterocycles. The third-order valence-electron chi connectivity index (χ3n) is 4.92. The fourth-order valence-corrected chi connectivity index (χ4v) is 3.50. The lowest BCUT2D eigenvalue weighted by Crippen LogP contribution is -2.25. The molecule has 1 aliphatic rings. The van der Waals surface area contributed by atoms with Crippen molar-refractivity contribution in [3.05, 3.63) is 95.6 Å². The van der Waals surface area contributed by atoms with Crippen molar-refractivity contribution in [1.82, 2.24) is 5.32 Å². The van der Waals surface area contributed by atoms with Gasteiger partial charge in [-0.15, -0.1) is 0 Å². The molecule has 0 aliphatic carbocycles. The maximum absolute atomic E-state index is 12.6. The SMILES string of the molecule is O=C1Cc2c(OCCNCc3ccccc3)cccc2N1Cc1ccccc1. The molecule has 0 saturated carbocycles. The summed E-state index contributed by atoms with van der Waals surface area (Å²) in [7, 11) is 0. The molecule has 4 rings (SSSR count). The molecule has 1 amide bonds. The molecule has 1 N–H and O–H groups in total. The molecule has 1 heterocycles. The van der Waals surface area contributed by atoms with Crippen LogP contribution in [-0.2, 0) is 24.3 Å². The molecule has 3 aromatic carbocycles. The van der Waals surface area contributed by atoms with E-state index in [-0.39, 0.29) is 5.91 Å². The largest absolute Gasteiger partial charge is 0.492 e. The summed E-state index contributed by atoms with van der Waals surface area (Å²) in [5.41, 5.74) is 4.33. The molecule has 0 saturated heterocycles. The number of carbonyl (C=O) groups is 1. The standard InChI is InChI=1S/C24H24N2O2/c27-24-16-21-22(26(24)18-20-10-5-2-6-11-20)12-7-13-23(21)28-15-14-25-17-19-8-3-1-4-9-19/h1-13,25H,14-18H2. The van der Waals surface area contributed by atoms with Crippen LogP contribution in [0.25, 0.3) is 0 Å². The summed E-state index contributed by atoms with van der Waals surface area (Å²) in [5.74, 6) is 0.931. The van der Waals surface area contributed by atoms with Crippen LogP contribution in [0.5, 0.6) is 5.75 Å². The van der Waals surface area contributed by atoms with Crippen LogP contribution in [0.1, 0.15) is 16.7 Å². The number of nitrogens with zero attached hydrogens (tertiary/aromatic N) is 1. The van der Waals surface area contributed by atoms with Crippen molar-refractivity contribution in [1.29, 1.82) is 0 Å². The molecule has 0 fully saturated rings. The summed E-state index contributed by atoms with van der Waals surface area (Å²) < 4.78 is 5.99. The van der Waals surface area contributed by atoms with E-state index in [0.717, 1.165) is 35.7 Å². The predicted molar refractivity (Wildman–Crippen MR) is 111 cm³/mol. The lowest BCUT2D eigenvalue weighted by molar-refractivity contribution is -0.117. The number of carbonyl (C=O) groups excluding carboxylic acids is 1. The zero-order valence-corrected chi connectivity index (χ0v) is 15.8. The Labute approximate surface area is 165 Å². The summed E-state index contributed by atoms with van der Waals surface area (Å²) in [6, 6.07) is 26.3. The lowest BCUT2D eigenvalue weighted by atomic mass is 10.1. The summed E-state index contributed by atoms with van der Waals surface area (Å²) >= 11 is 0. The number of amides is 1. The maximum Gasteiger partial charge on any atom is 0.231 e. The highest BCUT2D eigenvalue weighted by Crippen LogP contribution is 2.36. The second-order valence-electron chi connectivity index (χ2n) is 6.91. The topological polar surface area (TPSA) is 41.6 Å². The summed E-state index contributed by atoms with van der Waals surface area (Å²) in [4.78, 5) is 14.4. The molecule has 0 radical (unpaired) electrons. The zero-order valence-electron chi connectivity index (χ0n) is 15.8. The van der Waals surface area contributed by atoms with Gasteiger partial charge in [-0.2, -0.15) is 0 Å². The normalized spacial score (nSPS) is 12.9. The summed E-state index contributed by atoms with van der Waals surface area (Å²) in [6.45, 7) is 2.73. The Balaban J connectivity index is 1.36. The van der Waals surface area contributed by atoms with Crippen molar-refractivity contribution in [3.8, 4) is 5.75 Å². The van der Waals surface area contributed by atoms with Crippen molar-refractivity contribution < 1.29 is 9.53 Å². The Morgan fingerprint density at radius 2 is 1.57 bits per heavy atom. The molecular weight excluding hydrogens is 348 g/mol. The minimum absolute atomic E-state index is 0.122. The molecule has 0 atom stereocenters. The van der Waals surface area contributed by atoms with Crippen molar-refractivity contribution in [3.63, 3.8) is 0 Å². The van der Waals surface area contributed by atoms with E-state index in [1.165, 1.54) is 5.56 Å². The highest BCUT2D eigenvalue weighted by Gasteiger charge is 2.29. The first-order valence-corrected chi connectivity index (χ1v) is 9.65. The Hall–Kier alpha value is -3.11. The molecule has 0 bridgehead atoms. The van der Waals surface area contributed by atoms with Crippen molar-refractivity contribution in [2.24, 2.45) is 0 Å². The maximum atomic E-state index is 12.6. The van der Waals surface area contributed by atoms with E-state index < -0.39 is 0 Å². The predicted octanol–water partition coefficient (Wildman–Crippen LogP) is 3.94. The quantitative estimate of drug-likeness (QED) is 0.609. The minimum Gasteiger partial charge on any atom is -0.492 e. The van der Waals surface area contributed by atoms with Crippen LogP contribution in [0.4, 0.5) is 5.69 Å². The van der Waals surface area contributed by atoms with E-state index in [4.69, 9.17) is 4.74 Å². The lowest BCUT2D eigenvalue weighted by Gasteiger charge is -2.18. The summed E-state index contributed by atoms with van der Waals surface area (Å²) in [6.07, 6.45) is 0.399. The van der Waals surface area contributed by atoms with Gasteiger partial charge in [-0.1, -0.05) is 66.7 Å². The number of nitrogens with one attached hydrogen (secondary N) is 1. The van der Waals surface area contributed by atoms with Gasteiger partial charge in [0.1, 0.15) is 12.4 Å². The first-order chi connectivity index (χ1) is 13.8. The van der Waals surface area contributed by atoms with Crippen LogP contribution >= 0.6 is 0 Å². The Kier molecular flexibility index (Phi) is 5.69. The number of benzene rings is 3. The number of hydrogen-bond donors (Lipinski definition) is 1. The van der Waals surface area contributed by atoms with Crippen LogP contribution in [-0.4, -0.2) is 19.1 Å². The Morgan fingerprint density at radius 3 is 2.32 bits per heavy atom. The Morgan fingerprint density at radius 1 is 0.857 bits per heavy atom. The van der Waals surface area contributed by atoms with E-state index in [2.05, 4.69) is 17.4 Å². The molecule has 0 unspecified atom stereocenters. The van der Waals surface area contributed by atoms with Crippen LogP contribution in [0.15, 0.2) is 78.9 Å². The van der Waals surface area contributed by atoms with E-state index in [0.29, 0.717) is 19.6 Å². The van der Waals surface area contributed by atoms with Gasteiger partial charge < -0.3 is 15.0 Å². The van der Waals surface area contributed by atoms with Crippen LogP contribution < -0.4 is 15.0 Å². The molecule has 4 heteroatoms. The van der Waals surface area contributed by atoms with Gasteiger partial charge in [0.05, 0.1) is 18.7 Å². The molecule has 4 nitrogen and oxygen atoms in total. The molecule has 28 heavy (non-hydrogen) atoms. The fraction of sp³-hybridized carbons (Fsp3) is 0.208. The second kappa shape index (κ2) is 8.72. The third-order valence-corrected chi connectivity index (χ3v) is 4.92. The monoisotopic (exact) mass is 372 g/mol. The highest BCUT2D eigenvalue weighted by atomic mass is 16.5. The average molecular weight is 372 g/mol. The molecule has 142 valence electrons. The van der Waals surface area contributed by atoms with Gasteiger partial charge in [-0.3, -0.25) is 4.79 Å². The van der Waals surface area contributed by atoms with E-state index in [1.807, 2.05) is 71.6 Å². The number of fused-ring (bicyclic) bond motifs is 1. The van der Waals surface area contributed by atoms with Gasteiger partial charge in [-0.25, -0.2) is 0 Å². The van der Waals surface area contributed by atoms with Gasteiger partial charge in [0.15, 0.2) is 0 Å². The van der Waals surface area contributed by atoms with Crippen molar-refractivity contribution in [2.45, 2.75) is 19.5 Å². The van der Waals surface area contributed by atoms with Crippen LogP contribution in [0.2, 0.25) is 0 Å². The van der Waals surface area contributed by atoms with Gasteiger partial charge in [0.2, 0.25) is 5.91 Å². The minimum atomic E-state index is 0.122. The molecule has 0 spiro atoms. The van der Waals surface area contributed by atoms with E-state index >= 15 is 0 Å². The van der Waals surface area contributed by atoms with Crippen LogP contribution in [0, 0.1) is 0 Å². The van der Waals surface area contributed by atoms with Gasteiger partial charge in [-0.05, 0) is 23.3 Å². The number of ether oxygens (including phenoxy) is 1. The van der Waals surface area contributed by atoms with Crippen LogP contribution in [0.3, 0.4) is 0 Å². The molecular formula is C24H24N2O2. The molecule has 3 aromatic rings. The second-order valence-corrected chi connectivity index (χ2v) is 6.91. The highest BCUT2D eigenvalue weighted by molar-refractivity contribution is 6.02. The molecule has 1 aliphatic heterocycles.